The number of amides is 2. The van der Waals surface area contributed by atoms with Crippen molar-refractivity contribution in [1.82, 2.24) is 0 Å². The Morgan fingerprint density at radius 2 is 1.82 bits per heavy atom. The first-order valence-corrected chi connectivity index (χ1v) is 7.75. The molecule has 1 aliphatic rings. The first-order valence-electron chi connectivity index (χ1n) is 6.87. The third-order valence-electron chi connectivity index (χ3n) is 4.09. The SMILES string of the molecule is CC1=C(C)C[C@@H](C(=O)O)[C@@H](C(=O)Nc2sccc2C(N)=O)C1. The molecule has 22 heavy (non-hydrogen) atoms. The molecule has 0 radical (unpaired) electrons. The van der Waals surface area contributed by atoms with Crippen LogP contribution in [-0.2, 0) is 9.59 Å². The Kier molecular flexibility index (Phi) is 4.65. The lowest BCUT2D eigenvalue weighted by Crippen LogP contribution is -2.36. The van der Waals surface area contributed by atoms with E-state index in [9.17, 15) is 19.5 Å². The predicted octanol–water partition coefficient (Wildman–Crippen LogP) is 2.23. The summed E-state index contributed by atoms with van der Waals surface area (Å²) >= 11 is 1.19. The fourth-order valence-electron chi connectivity index (χ4n) is 2.63. The molecule has 0 saturated carbocycles. The number of hydrogen-bond donors (Lipinski definition) is 3. The Hall–Kier alpha value is -2.15. The zero-order chi connectivity index (χ0) is 16.4. The summed E-state index contributed by atoms with van der Waals surface area (Å²) in [5.74, 6) is -3.39. The van der Waals surface area contributed by atoms with Crippen molar-refractivity contribution < 1.29 is 19.5 Å². The number of nitrogens with one attached hydrogen (secondary N) is 1. The Balaban J connectivity index is 2.22. The van der Waals surface area contributed by atoms with Gasteiger partial charge in [0.2, 0.25) is 5.91 Å². The minimum Gasteiger partial charge on any atom is -0.481 e. The molecule has 0 fully saturated rings. The number of allylic oxidation sites excluding steroid dienone is 2. The largest absolute Gasteiger partial charge is 0.481 e. The topological polar surface area (TPSA) is 109 Å². The molecule has 2 amide bonds. The number of carboxylic acid groups (broad SMARTS) is 1. The van der Waals surface area contributed by atoms with Crippen LogP contribution in [0.1, 0.15) is 37.0 Å². The Morgan fingerprint density at radius 3 is 2.36 bits per heavy atom. The van der Waals surface area contributed by atoms with Crippen LogP contribution in [0, 0.1) is 11.8 Å². The fraction of sp³-hybridized carbons (Fsp3) is 0.400. The summed E-state index contributed by atoms with van der Waals surface area (Å²) < 4.78 is 0. The molecule has 0 spiro atoms. The second-order valence-electron chi connectivity index (χ2n) is 5.54. The molecular weight excluding hydrogens is 304 g/mol. The molecule has 1 heterocycles. The normalized spacial score (nSPS) is 21.5. The second-order valence-corrected chi connectivity index (χ2v) is 6.45. The number of thiophene rings is 1. The minimum atomic E-state index is -0.978. The van der Waals surface area contributed by atoms with Gasteiger partial charge in [-0.05, 0) is 38.1 Å². The lowest BCUT2D eigenvalue weighted by molar-refractivity contribution is -0.146. The van der Waals surface area contributed by atoms with Crippen molar-refractivity contribution >= 4 is 34.1 Å². The number of carbonyl (C=O) groups is 3. The lowest BCUT2D eigenvalue weighted by Gasteiger charge is -2.29. The highest BCUT2D eigenvalue weighted by molar-refractivity contribution is 7.14. The molecule has 0 unspecified atom stereocenters. The van der Waals surface area contributed by atoms with Crippen molar-refractivity contribution in [2.45, 2.75) is 26.7 Å². The van der Waals surface area contributed by atoms with Gasteiger partial charge in [0.05, 0.1) is 17.4 Å². The Bertz CT molecular complexity index is 662. The first-order chi connectivity index (χ1) is 10.3. The van der Waals surface area contributed by atoms with Crippen LogP contribution >= 0.6 is 11.3 Å². The Labute approximate surface area is 132 Å². The van der Waals surface area contributed by atoms with Crippen LogP contribution in [0.25, 0.3) is 0 Å². The smallest absolute Gasteiger partial charge is 0.307 e. The second kappa shape index (κ2) is 6.31. The number of carbonyl (C=O) groups excluding carboxylic acids is 2. The summed E-state index contributed by atoms with van der Waals surface area (Å²) in [7, 11) is 0. The third kappa shape index (κ3) is 3.19. The van der Waals surface area contributed by atoms with Crippen LogP contribution in [0.5, 0.6) is 0 Å². The van der Waals surface area contributed by atoms with Gasteiger partial charge >= 0.3 is 5.97 Å². The van der Waals surface area contributed by atoms with E-state index in [1.807, 2.05) is 13.8 Å². The van der Waals surface area contributed by atoms with E-state index in [1.54, 1.807) is 5.38 Å². The van der Waals surface area contributed by atoms with Gasteiger partial charge in [0.25, 0.3) is 5.91 Å². The van der Waals surface area contributed by atoms with Crippen molar-refractivity contribution in [2.24, 2.45) is 17.6 Å². The van der Waals surface area contributed by atoms with Crippen LogP contribution in [0.2, 0.25) is 0 Å². The summed E-state index contributed by atoms with van der Waals surface area (Å²) in [6.07, 6.45) is 0.776. The highest BCUT2D eigenvalue weighted by Gasteiger charge is 2.37. The Morgan fingerprint density at radius 1 is 1.23 bits per heavy atom. The molecule has 2 atom stereocenters. The predicted molar refractivity (Wildman–Crippen MR) is 83.7 cm³/mol. The number of nitrogens with two attached hydrogens (primary N) is 1. The van der Waals surface area contributed by atoms with Gasteiger partial charge in [-0.1, -0.05) is 11.1 Å². The van der Waals surface area contributed by atoms with Crippen molar-refractivity contribution in [3.63, 3.8) is 0 Å². The molecule has 0 saturated heterocycles. The van der Waals surface area contributed by atoms with Gasteiger partial charge < -0.3 is 16.2 Å². The summed E-state index contributed by atoms with van der Waals surface area (Å²) in [4.78, 5) is 35.2. The monoisotopic (exact) mass is 322 g/mol. The molecule has 0 aliphatic heterocycles. The fourth-order valence-corrected chi connectivity index (χ4v) is 3.43. The molecule has 7 heteroatoms. The van der Waals surface area contributed by atoms with E-state index in [0.717, 1.165) is 11.1 Å². The summed E-state index contributed by atoms with van der Waals surface area (Å²) in [5, 5.41) is 14.0. The number of anilines is 1. The maximum absolute atomic E-state index is 12.5. The van der Waals surface area contributed by atoms with Crippen LogP contribution in [0.4, 0.5) is 5.00 Å². The van der Waals surface area contributed by atoms with E-state index in [2.05, 4.69) is 5.32 Å². The number of rotatable bonds is 4. The molecule has 1 aliphatic carbocycles. The van der Waals surface area contributed by atoms with Crippen LogP contribution in [-0.4, -0.2) is 22.9 Å². The first kappa shape index (κ1) is 16.2. The van der Waals surface area contributed by atoms with Crippen molar-refractivity contribution in [3.05, 3.63) is 28.2 Å². The number of carboxylic acids is 1. The molecule has 2 rings (SSSR count). The lowest BCUT2D eigenvalue weighted by atomic mass is 9.76. The van der Waals surface area contributed by atoms with Gasteiger partial charge in [0.15, 0.2) is 0 Å². The van der Waals surface area contributed by atoms with E-state index in [0.29, 0.717) is 17.8 Å². The van der Waals surface area contributed by atoms with E-state index >= 15 is 0 Å². The molecular formula is C15H18N2O4S. The van der Waals surface area contributed by atoms with Gasteiger partial charge in [0.1, 0.15) is 5.00 Å². The standard InChI is InChI=1S/C15H18N2O4S/c1-7-5-10(11(15(20)21)6-8(7)2)13(19)17-14-9(12(16)18)3-4-22-14/h3-4,10-11H,5-6H2,1-2H3,(H2,16,18)(H,17,19)(H,20,21)/t10-,11+/m0/s1. The van der Waals surface area contributed by atoms with Gasteiger partial charge in [-0.15, -0.1) is 11.3 Å². The molecule has 0 bridgehead atoms. The zero-order valence-corrected chi connectivity index (χ0v) is 13.2. The minimum absolute atomic E-state index is 0.240. The van der Waals surface area contributed by atoms with Crippen molar-refractivity contribution in [1.29, 1.82) is 0 Å². The highest BCUT2D eigenvalue weighted by atomic mass is 32.1. The van der Waals surface area contributed by atoms with Crippen molar-refractivity contribution in [2.75, 3.05) is 5.32 Å². The van der Waals surface area contributed by atoms with E-state index in [-0.39, 0.29) is 11.5 Å². The van der Waals surface area contributed by atoms with Gasteiger partial charge in [-0.2, -0.15) is 0 Å². The van der Waals surface area contributed by atoms with Gasteiger partial charge in [-0.3, -0.25) is 14.4 Å². The molecule has 6 nitrogen and oxygen atoms in total. The zero-order valence-electron chi connectivity index (χ0n) is 12.4. The average molecular weight is 322 g/mol. The summed E-state index contributed by atoms with van der Waals surface area (Å²) in [6, 6.07) is 1.54. The van der Waals surface area contributed by atoms with Crippen molar-refractivity contribution in [3.8, 4) is 0 Å². The van der Waals surface area contributed by atoms with E-state index in [1.165, 1.54) is 17.4 Å². The molecule has 1 aromatic rings. The highest BCUT2D eigenvalue weighted by Crippen LogP contribution is 2.35. The van der Waals surface area contributed by atoms with E-state index < -0.39 is 23.7 Å². The van der Waals surface area contributed by atoms with Gasteiger partial charge in [-0.25, -0.2) is 0 Å². The average Bonchev–Trinajstić information content (AvgIpc) is 2.89. The van der Waals surface area contributed by atoms with Crippen LogP contribution in [0.3, 0.4) is 0 Å². The maximum Gasteiger partial charge on any atom is 0.307 e. The number of aliphatic carboxylic acids is 1. The van der Waals surface area contributed by atoms with Gasteiger partial charge in [0, 0.05) is 0 Å². The third-order valence-corrected chi connectivity index (χ3v) is 4.92. The number of hydrogen-bond acceptors (Lipinski definition) is 4. The number of primary amides is 1. The van der Waals surface area contributed by atoms with Crippen LogP contribution in [0.15, 0.2) is 22.6 Å². The summed E-state index contributed by atoms with van der Waals surface area (Å²) in [5.41, 5.74) is 7.54. The molecule has 1 aromatic heterocycles. The van der Waals surface area contributed by atoms with E-state index in [4.69, 9.17) is 5.73 Å². The quantitative estimate of drug-likeness (QED) is 0.738. The molecule has 4 N–H and O–H groups in total. The summed E-state index contributed by atoms with van der Waals surface area (Å²) in [6.45, 7) is 3.80. The molecule has 0 aromatic carbocycles. The van der Waals surface area contributed by atoms with Crippen LogP contribution < -0.4 is 11.1 Å². The maximum atomic E-state index is 12.5. The molecule has 118 valence electrons.